The molecule has 4 N–H and O–H groups in total. The van der Waals surface area contributed by atoms with E-state index in [1.165, 1.54) is 0 Å². The van der Waals surface area contributed by atoms with Crippen LogP contribution in [0.4, 0.5) is 5.69 Å². The third-order valence-electron chi connectivity index (χ3n) is 3.01. The molecule has 1 fully saturated rings. The molecule has 18 heavy (non-hydrogen) atoms. The molecule has 0 saturated carbocycles. The number of nitrogens with two attached hydrogens (primary N) is 1. The van der Waals surface area contributed by atoms with Gasteiger partial charge in [0.25, 0.3) is 0 Å². The number of ether oxygens (including phenoxy) is 1. The Morgan fingerprint density at radius 2 is 2.39 bits per heavy atom. The molecule has 0 aromatic heterocycles. The van der Waals surface area contributed by atoms with E-state index in [0.29, 0.717) is 30.3 Å². The molecule has 98 valence electrons. The first kappa shape index (κ1) is 13.1. The van der Waals surface area contributed by atoms with Crippen LogP contribution in [0.5, 0.6) is 0 Å². The number of hydrogen-bond acceptors (Lipinski definition) is 4. The molecule has 1 aromatic carbocycles. The summed E-state index contributed by atoms with van der Waals surface area (Å²) in [4.78, 5) is 2.02. The Morgan fingerprint density at radius 3 is 3.00 bits per heavy atom. The number of aliphatic hydroxyl groups excluding tert-OH is 1. The second-order valence-corrected chi connectivity index (χ2v) is 4.59. The predicted octanol–water partition coefficient (Wildman–Crippen LogP) is 0.822. The molecule has 0 aliphatic carbocycles. The van der Waals surface area contributed by atoms with Gasteiger partial charge in [0.2, 0.25) is 0 Å². The van der Waals surface area contributed by atoms with Gasteiger partial charge in [0.05, 0.1) is 36.6 Å². The molecule has 0 radical (unpaired) electrons. The molecule has 0 spiro atoms. The second-order valence-electron chi connectivity index (χ2n) is 4.18. The maximum absolute atomic E-state index is 9.34. The molecule has 1 unspecified atom stereocenters. The third kappa shape index (κ3) is 2.58. The average Bonchev–Trinajstić information content (AvgIpc) is 2.38. The van der Waals surface area contributed by atoms with Crippen molar-refractivity contribution < 1.29 is 9.84 Å². The van der Waals surface area contributed by atoms with Gasteiger partial charge >= 0.3 is 0 Å². The fourth-order valence-electron chi connectivity index (χ4n) is 2.03. The molecule has 1 aliphatic heterocycles. The van der Waals surface area contributed by atoms with Gasteiger partial charge in [-0.25, -0.2) is 0 Å². The Balaban J connectivity index is 2.29. The number of halogens is 1. The fraction of sp³-hybridized carbons (Fsp3) is 0.417. The summed E-state index contributed by atoms with van der Waals surface area (Å²) in [7, 11) is 0. The van der Waals surface area contributed by atoms with E-state index in [2.05, 4.69) is 0 Å². The Bertz CT molecular complexity index is 453. The van der Waals surface area contributed by atoms with Crippen LogP contribution in [0, 0.1) is 5.41 Å². The van der Waals surface area contributed by atoms with Gasteiger partial charge in [0.15, 0.2) is 0 Å². The highest BCUT2D eigenvalue weighted by Crippen LogP contribution is 2.29. The largest absolute Gasteiger partial charge is 0.394 e. The number of nitrogen functional groups attached to an aromatic ring is 1. The molecule has 1 aromatic rings. The van der Waals surface area contributed by atoms with E-state index in [0.717, 1.165) is 5.69 Å². The molecular weight excluding hydrogens is 254 g/mol. The lowest BCUT2D eigenvalue weighted by Gasteiger charge is -2.36. The van der Waals surface area contributed by atoms with Gasteiger partial charge in [-0.2, -0.15) is 0 Å². The average molecular weight is 270 g/mol. The standard InChI is InChI=1S/C12H16ClN3O2/c13-10-5-8(12(14)15)1-2-11(10)16-3-4-18-7-9(16)6-17/h1-2,5,9,17H,3-4,6-7H2,(H3,14,15). The van der Waals surface area contributed by atoms with Crippen LogP contribution in [-0.4, -0.2) is 43.3 Å². The number of nitrogens with zero attached hydrogens (tertiary/aromatic N) is 1. The molecule has 1 atom stereocenters. The number of aliphatic hydroxyl groups is 1. The Kier molecular flexibility index (Phi) is 4.06. The SMILES string of the molecule is N=C(N)c1ccc(N2CCOCC2CO)c(Cl)c1. The van der Waals surface area contributed by atoms with Gasteiger partial charge in [0, 0.05) is 12.1 Å². The van der Waals surface area contributed by atoms with E-state index in [1.807, 2.05) is 11.0 Å². The summed E-state index contributed by atoms with van der Waals surface area (Å²) >= 11 is 6.21. The first-order valence-corrected chi connectivity index (χ1v) is 6.10. The zero-order valence-electron chi connectivity index (χ0n) is 9.90. The van der Waals surface area contributed by atoms with Crippen molar-refractivity contribution in [1.29, 1.82) is 5.41 Å². The van der Waals surface area contributed by atoms with E-state index in [-0.39, 0.29) is 18.5 Å². The monoisotopic (exact) mass is 269 g/mol. The minimum atomic E-state index is -0.0839. The van der Waals surface area contributed by atoms with Crippen LogP contribution in [0.2, 0.25) is 5.02 Å². The van der Waals surface area contributed by atoms with E-state index >= 15 is 0 Å². The van der Waals surface area contributed by atoms with Gasteiger partial charge in [-0.15, -0.1) is 0 Å². The van der Waals surface area contributed by atoms with Crippen molar-refractivity contribution >= 4 is 23.1 Å². The lowest BCUT2D eigenvalue weighted by atomic mass is 10.1. The summed E-state index contributed by atoms with van der Waals surface area (Å²) < 4.78 is 5.33. The summed E-state index contributed by atoms with van der Waals surface area (Å²) in [5.41, 5.74) is 6.85. The van der Waals surface area contributed by atoms with E-state index in [1.54, 1.807) is 12.1 Å². The number of nitrogens with one attached hydrogen (secondary N) is 1. The van der Waals surface area contributed by atoms with Crippen LogP contribution < -0.4 is 10.6 Å². The minimum Gasteiger partial charge on any atom is -0.394 e. The summed E-state index contributed by atoms with van der Waals surface area (Å²) in [6, 6.07) is 5.17. The quantitative estimate of drug-likeness (QED) is 0.560. The van der Waals surface area contributed by atoms with Crippen LogP contribution in [-0.2, 0) is 4.74 Å². The van der Waals surface area contributed by atoms with Gasteiger partial charge in [-0.3, -0.25) is 5.41 Å². The van der Waals surface area contributed by atoms with Crippen LogP contribution in [0.1, 0.15) is 5.56 Å². The summed E-state index contributed by atoms with van der Waals surface area (Å²) in [5.74, 6) is -0.0101. The molecule has 0 bridgehead atoms. The zero-order chi connectivity index (χ0) is 13.1. The number of rotatable bonds is 3. The highest BCUT2D eigenvalue weighted by atomic mass is 35.5. The van der Waals surface area contributed by atoms with Crippen LogP contribution in [0.15, 0.2) is 18.2 Å². The van der Waals surface area contributed by atoms with Crippen molar-refractivity contribution in [3.8, 4) is 0 Å². The molecule has 5 nitrogen and oxygen atoms in total. The lowest BCUT2D eigenvalue weighted by molar-refractivity contribution is 0.0727. The third-order valence-corrected chi connectivity index (χ3v) is 3.31. The van der Waals surface area contributed by atoms with E-state index in [9.17, 15) is 5.11 Å². The summed E-state index contributed by atoms with van der Waals surface area (Å²) in [5, 5.41) is 17.2. The molecule has 2 rings (SSSR count). The molecule has 1 aliphatic rings. The van der Waals surface area contributed by atoms with Gasteiger partial charge < -0.3 is 20.5 Å². The summed E-state index contributed by atoms with van der Waals surface area (Å²) in [6.45, 7) is 1.80. The first-order chi connectivity index (χ1) is 8.63. The normalized spacial score (nSPS) is 19.9. The number of anilines is 1. The van der Waals surface area contributed by atoms with E-state index < -0.39 is 0 Å². The number of amidine groups is 1. The van der Waals surface area contributed by atoms with Crippen LogP contribution >= 0.6 is 11.6 Å². The highest BCUT2D eigenvalue weighted by Gasteiger charge is 2.24. The van der Waals surface area contributed by atoms with Crippen molar-refractivity contribution in [3.05, 3.63) is 28.8 Å². The first-order valence-electron chi connectivity index (χ1n) is 5.72. The second kappa shape index (κ2) is 5.56. The molecule has 1 heterocycles. The van der Waals surface area contributed by atoms with Crippen LogP contribution in [0.3, 0.4) is 0 Å². The lowest BCUT2D eigenvalue weighted by Crippen LogP contribution is -2.47. The van der Waals surface area contributed by atoms with E-state index in [4.69, 9.17) is 27.5 Å². The van der Waals surface area contributed by atoms with Crippen molar-refractivity contribution in [1.82, 2.24) is 0 Å². The molecular formula is C12H16ClN3O2. The Labute approximate surface area is 111 Å². The molecule has 6 heteroatoms. The number of hydrogen-bond donors (Lipinski definition) is 3. The van der Waals surface area contributed by atoms with Gasteiger partial charge in [-0.1, -0.05) is 11.6 Å². The minimum absolute atomic E-state index is 0.0101. The molecule has 1 saturated heterocycles. The topological polar surface area (TPSA) is 82.6 Å². The number of morpholine rings is 1. The van der Waals surface area contributed by atoms with Crippen molar-refractivity contribution in [3.63, 3.8) is 0 Å². The highest BCUT2D eigenvalue weighted by molar-refractivity contribution is 6.33. The van der Waals surface area contributed by atoms with Crippen LogP contribution in [0.25, 0.3) is 0 Å². The Hall–Kier alpha value is -1.30. The zero-order valence-corrected chi connectivity index (χ0v) is 10.7. The predicted molar refractivity (Wildman–Crippen MR) is 71.5 cm³/mol. The number of benzene rings is 1. The fourth-order valence-corrected chi connectivity index (χ4v) is 2.32. The van der Waals surface area contributed by atoms with Gasteiger partial charge in [-0.05, 0) is 18.2 Å². The van der Waals surface area contributed by atoms with Gasteiger partial charge in [0.1, 0.15) is 5.84 Å². The van der Waals surface area contributed by atoms with Crippen molar-refractivity contribution in [2.24, 2.45) is 5.73 Å². The maximum Gasteiger partial charge on any atom is 0.122 e. The van der Waals surface area contributed by atoms with Crippen molar-refractivity contribution in [2.45, 2.75) is 6.04 Å². The van der Waals surface area contributed by atoms with Crippen molar-refractivity contribution in [2.75, 3.05) is 31.3 Å². The summed E-state index contributed by atoms with van der Waals surface area (Å²) in [6.07, 6.45) is 0. The maximum atomic E-state index is 9.34. The smallest absolute Gasteiger partial charge is 0.122 e. The molecule has 0 amide bonds. The Morgan fingerprint density at radius 1 is 1.61 bits per heavy atom.